The number of pyridine rings is 1. The molecule has 0 saturated carbocycles. The van der Waals surface area contributed by atoms with Gasteiger partial charge in [0.05, 0.1) is 19.4 Å². The van der Waals surface area contributed by atoms with Gasteiger partial charge in [0, 0.05) is 11.2 Å². The third-order valence-corrected chi connectivity index (χ3v) is 4.79. The van der Waals surface area contributed by atoms with Crippen molar-refractivity contribution >= 4 is 23.7 Å². The molecule has 0 unspecified atom stereocenters. The number of hydrazone groups is 1. The van der Waals surface area contributed by atoms with E-state index in [9.17, 15) is 9.59 Å². The Kier molecular flexibility index (Phi) is 8.01. The number of benzene rings is 2. The molecule has 160 valence electrons. The summed E-state index contributed by atoms with van der Waals surface area (Å²) in [6.45, 7) is 3.10. The van der Waals surface area contributed by atoms with Gasteiger partial charge in [-0.15, -0.1) is 0 Å². The van der Waals surface area contributed by atoms with Crippen molar-refractivity contribution in [2.24, 2.45) is 5.10 Å². The zero-order valence-electron chi connectivity index (χ0n) is 17.3. The van der Waals surface area contributed by atoms with E-state index < -0.39 is 11.5 Å². The van der Waals surface area contributed by atoms with Gasteiger partial charge in [-0.05, 0) is 53.9 Å². The molecule has 0 spiro atoms. The first-order valence-corrected chi connectivity index (χ1v) is 10.4. The fourth-order valence-electron chi connectivity index (χ4n) is 2.87. The zero-order valence-corrected chi connectivity index (χ0v) is 18.0. The highest BCUT2D eigenvalue weighted by Crippen LogP contribution is 2.13. The second kappa shape index (κ2) is 11.1. The summed E-state index contributed by atoms with van der Waals surface area (Å²) in [5, 5.41) is 4.60. The summed E-state index contributed by atoms with van der Waals surface area (Å²) >= 11 is 5.90. The Bertz CT molecular complexity index is 1110. The molecule has 0 bridgehead atoms. The number of aromatic nitrogens is 1. The second-order valence-electron chi connectivity index (χ2n) is 6.96. The van der Waals surface area contributed by atoms with Gasteiger partial charge >= 0.3 is 0 Å². The number of amides is 1. The summed E-state index contributed by atoms with van der Waals surface area (Å²) in [4.78, 5) is 25.2. The number of carbonyl (C=O) groups excluding carboxylic acids is 1. The summed E-state index contributed by atoms with van der Waals surface area (Å²) in [5.74, 6) is 0.180. The lowest BCUT2D eigenvalue weighted by molar-refractivity contribution is 0.0953. The maximum absolute atomic E-state index is 12.7. The van der Waals surface area contributed by atoms with Gasteiger partial charge in [0.2, 0.25) is 0 Å². The van der Waals surface area contributed by atoms with E-state index in [4.69, 9.17) is 16.3 Å². The minimum atomic E-state index is -0.568. The fraction of sp³-hybridized carbons (Fsp3) is 0.208. The summed E-state index contributed by atoms with van der Waals surface area (Å²) in [6, 6.07) is 17.8. The van der Waals surface area contributed by atoms with E-state index in [1.165, 1.54) is 16.8 Å². The van der Waals surface area contributed by atoms with Crippen molar-refractivity contribution in [3.05, 3.63) is 98.9 Å². The highest BCUT2D eigenvalue weighted by atomic mass is 35.5. The highest BCUT2D eigenvalue weighted by molar-refractivity contribution is 6.30. The van der Waals surface area contributed by atoms with E-state index in [2.05, 4.69) is 17.5 Å². The van der Waals surface area contributed by atoms with E-state index >= 15 is 0 Å². The van der Waals surface area contributed by atoms with Crippen molar-refractivity contribution in [2.75, 3.05) is 6.61 Å². The van der Waals surface area contributed by atoms with Crippen LogP contribution < -0.4 is 15.7 Å². The number of hydrogen-bond donors (Lipinski definition) is 1. The maximum atomic E-state index is 12.7. The predicted octanol–water partition coefficient (Wildman–Crippen LogP) is 4.49. The van der Waals surface area contributed by atoms with E-state index in [0.717, 1.165) is 29.7 Å². The molecule has 2 aromatic carbocycles. The van der Waals surface area contributed by atoms with Gasteiger partial charge in [-0.25, -0.2) is 5.43 Å². The number of carbonyl (C=O) groups is 1. The van der Waals surface area contributed by atoms with Gasteiger partial charge in [0.25, 0.3) is 11.5 Å². The zero-order chi connectivity index (χ0) is 22.1. The van der Waals surface area contributed by atoms with Crippen molar-refractivity contribution in [2.45, 2.75) is 26.3 Å². The van der Waals surface area contributed by atoms with Crippen molar-refractivity contribution in [1.82, 2.24) is 9.99 Å². The first-order chi connectivity index (χ1) is 15.1. The maximum Gasteiger partial charge on any atom is 0.276 e. The van der Waals surface area contributed by atoms with Gasteiger partial charge in [0.15, 0.2) is 0 Å². The third kappa shape index (κ3) is 6.55. The summed E-state index contributed by atoms with van der Waals surface area (Å²) in [7, 11) is 0. The van der Waals surface area contributed by atoms with Gasteiger partial charge in [-0.2, -0.15) is 5.10 Å². The quantitative estimate of drug-likeness (QED) is 0.304. The molecular weight excluding hydrogens is 414 g/mol. The van der Waals surface area contributed by atoms with Crippen molar-refractivity contribution in [3.63, 3.8) is 0 Å². The van der Waals surface area contributed by atoms with Crippen LogP contribution in [-0.4, -0.2) is 23.3 Å². The topological polar surface area (TPSA) is 72.7 Å². The molecule has 3 aromatic rings. The van der Waals surface area contributed by atoms with Gasteiger partial charge < -0.3 is 9.30 Å². The van der Waals surface area contributed by atoms with Crippen LogP contribution >= 0.6 is 11.6 Å². The largest absolute Gasteiger partial charge is 0.494 e. The van der Waals surface area contributed by atoms with Crippen molar-refractivity contribution in [1.29, 1.82) is 0 Å². The Morgan fingerprint density at radius 3 is 2.74 bits per heavy atom. The number of unbranched alkanes of at least 4 members (excludes halogenated alkanes) is 1. The standard InChI is InChI=1S/C24H24ClN3O3/c1-2-3-14-31-21-7-4-6-19(15-21)16-26-27-23(29)22-8-5-13-28(24(22)30)17-18-9-11-20(25)12-10-18/h4-13,15-16H,2-3,14,17H2,1H3,(H,27,29)/b26-16-. The molecule has 0 radical (unpaired) electrons. The SMILES string of the molecule is CCCCOc1cccc(/C=N\NC(=O)c2cccn(Cc3ccc(Cl)cc3)c2=O)c1. The molecule has 0 atom stereocenters. The molecule has 1 aromatic heterocycles. The van der Waals surface area contributed by atoms with Crippen LogP contribution in [0.5, 0.6) is 5.75 Å². The number of rotatable bonds is 9. The van der Waals surface area contributed by atoms with Crippen LogP contribution in [-0.2, 0) is 6.54 Å². The van der Waals surface area contributed by atoms with E-state index in [0.29, 0.717) is 18.2 Å². The average Bonchev–Trinajstić information content (AvgIpc) is 2.77. The second-order valence-corrected chi connectivity index (χ2v) is 7.39. The molecule has 0 fully saturated rings. The Labute approximate surface area is 186 Å². The van der Waals surface area contributed by atoms with E-state index in [-0.39, 0.29) is 5.56 Å². The Morgan fingerprint density at radius 1 is 1.16 bits per heavy atom. The molecule has 7 heteroatoms. The van der Waals surface area contributed by atoms with Gasteiger partial charge in [-0.1, -0.05) is 49.2 Å². The molecule has 0 aliphatic rings. The Hall–Kier alpha value is -3.38. The molecule has 1 amide bonds. The van der Waals surface area contributed by atoms with Gasteiger partial charge in [0.1, 0.15) is 11.3 Å². The van der Waals surface area contributed by atoms with Crippen LogP contribution in [0.4, 0.5) is 0 Å². The number of ether oxygens (including phenoxy) is 1. The normalized spacial score (nSPS) is 10.9. The molecule has 3 rings (SSSR count). The summed E-state index contributed by atoms with van der Waals surface area (Å²) in [5.41, 5.74) is 3.73. The average molecular weight is 438 g/mol. The molecule has 0 saturated heterocycles. The Balaban J connectivity index is 1.65. The number of nitrogens with one attached hydrogen (secondary N) is 1. The fourth-order valence-corrected chi connectivity index (χ4v) is 2.99. The Morgan fingerprint density at radius 2 is 1.97 bits per heavy atom. The van der Waals surface area contributed by atoms with E-state index in [1.807, 2.05) is 36.4 Å². The molecule has 31 heavy (non-hydrogen) atoms. The van der Waals surface area contributed by atoms with Gasteiger partial charge in [-0.3, -0.25) is 9.59 Å². The smallest absolute Gasteiger partial charge is 0.276 e. The number of halogens is 1. The van der Waals surface area contributed by atoms with Crippen LogP contribution in [0.1, 0.15) is 41.3 Å². The van der Waals surface area contributed by atoms with Crippen LogP contribution in [0.15, 0.2) is 76.8 Å². The molecule has 0 aliphatic carbocycles. The minimum Gasteiger partial charge on any atom is -0.494 e. The summed E-state index contributed by atoms with van der Waals surface area (Å²) in [6.07, 6.45) is 5.20. The molecule has 0 aliphatic heterocycles. The molecule has 1 heterocycles. The lowest BCUT2D eigenvalue weighted by atomic mass is 10.2. The monoisotopic (exact) mass is 437 g/mol. The van der Waals surface area contributed by atoms with Crippen LogP contribution in [0.3, 0.4) is 0 Å². The van der Waals surface area contributed by atoms with Crippen LogP contribution in [0.2, 0.25) is 5.02 Å². The van der Waals surface area contributed by atoms with Crippen molar-refractivity contribution in [3.8, 4) is 5.75 Å². The van der Waals surface area contributed by atoms with Crippen LogP contribution in [0.25, 0.3) is 0 Å². The first-order valence-electron chi connectivity index (χ1n) is 10.1. The third-order valence-electron chi connectivity index (χ3n) is 4.54. The minimum absolute atomic E-state index is 0.0188. The lowest BCUT2D eigenvalue weighted by Gasteiger charge is -2.08. The van der Waals surface area contributed by atoms with Crippen LogP contribution in [0, 0.1) is 0 Å². The molecule has 1 N–H and O–H groups in total. The number of nitrogens with zero attached hydrogens (tertiary/aromatic N) is 2. The predicted molar refractivity (Wildman–Crippen MR) is 123 cm³/mol. The lowest BCUT2D eigenvalue weighted by Crippen LogP contribution is -2.30. The molecule has 6 nitrogen and oxygen atoms in total. The van der Waals surface area contributed by atoms with Crippen molar-refractivity contribution < 1.29 is 9.53 Å². The molecular formula is C24H24ClN3O3. The number of hydrogen-bond acceptors (Lipinski definition) is 4. The van der Waals surface area contributed by atoms with E-state index in [1.54, 1.807) is 24.4 Å². The summed E-state index contributed by atoms with van der Waals surface area (Å²) < 4.78 is 7.14. The first kappa shape index (κ1) is 22.3. The highest BCUT2D eigenvalue weighted by Gasteiger charge is 2.11.